The van der Waals surface area contributed by atoms with Crippen molar-refractivity contribution in [2.24, 2.45) is 5.92 Å². The maximum Gasteiger partial charge on any atom is -1.00 e. The van der Waals surface area contributed by atoms with Crippen molar-refractivity contribution in [1.29, 1.82) is 0 Å². The summed E-state index contributed by atoms with van der Waals surface area (Å²) in [4.78, 5) is 0. The van der Waals surface area contributed by atoms with E-state index in [4.69, 9.17) is 0 Å². The molecule has 3 aliphatic rings. The Bertz CT molecular complexity index is 596. The largest absolute Gasteiger partial charge is 1.00 e. The second-order valence-corrected chi connectivity index (χ2v) is 8.91. The first-order valence-corrected chi connectivity index (χ1v) is 9.90. The van der Waals surface area contributed by atoms with Crippen molar-refractivity contribution in [3.63, 3.8) is 0 Å². The SMILES string of the molecule is CC1=C(C)C(C)C(C2=C3CCCC3=[C]([Zr+2])C2[SiH3])=C1C.[Cl-].[Cl-]. The molecule has 21 heavy (non-hydrogen) atoms. The van der Waals surface area contributed by atoms with Crippen LogP contribution in [0.2, 0.25) is 5.54 Å². The Morgan fingerprint density at radius 3 is 2.05 bits per heavy atom. The molecule has 0 aliphatic heterocycles. The van der Waals surface area contributed by atoms with Gasteiger partial charge < -0.3 is 24.8 Å². The molecule has 0 saturated heterocycles. The van der Waals surface area contributed by atoms with E-state index in [-0.39, 0.29) is 24.8 Å². The summed E-state index contributed by atoms with van der Waals surface area (Å²) in [6.07, 6.45) is 4.11. The molecule has 113 valence electrons. The quantitative estimate of drug-likeness (QED) is 0.423. The van der Waals surface area contributed by atoms with E-state index in [1.165, 1.54) is 29.5 Å². The summed E-state index contributed by atoms with van der Waals surface area (Å²) in [5.74, 6) is 0.655. The van der Waals surface area contributed by atoms with E-state index >= 15 is 0 Å². The number of rotatable bonds is 1. The molecular formula is C17H23Cl2SiZr. The standard InChI is InChI=1S/C17H23Si.2ClH.Zr/c1-9-10(2)12(4)16(11(9)3)17-14-7-5-6-13(14)8-15(17)18;;;/h11,15H,5-7H2,1-4,18H3;2*1H;/q;;;+2/p-2. The van der Waals surface area contributed by atoms with Crippen molar-refractivity contribution in [3.8, 4) is 0 Å². The summed E-state index contributed by atoms with van der Waals surface area (Å²) in [5, 5.41) is 0. The molecule has 1 saturated carbocycles. The van der Waals surface area contributed by atoms with E-state index < -0.39 is 0 Å². The van der Waals surface area contributed by atoms with Crippen LogP contribution >= 0.6 is 0 Å². The van der Waals surface area contributed by atoms with Crippen LogP contribution < -0.4 is 24.8 Å². The van der Waals surface area contributed by atoms with Gasteiger partial charge in [-0.2, -0.15) is 0 Å². The van der Waals surface area contributed by atoms with Gasteiger partial charge in [-0.05, 0) is 0 Å². The molecule has 0 nitrogen and oxygen atoms in total. The number of halogens is 2. The molecule has 0 N–H and O–H groups in total. The van der Waals surface area contributed by atoms with Gasteiger partial charge in [-0.3, -0.25) is 0 Å². The fraction of sp³-hybridized carbons (Fsp3) is 0.529. The summed E-state index contributed by atoms with van der Waals surface area (Å²) >= 11 is 1.67. The minimum absolute atomic E-state index is 0. The van der Waals surface area contributed by atoms with Crippen molar-refractivity contribution < 1.29 is 49.5 Å². The van der Waals surface area contributed by atoms with Gasteiger partial charge in [-0.15, -0.1) is 0 Å². The monoisotopic (exact) mass is 415 g/mol. The van der Waals surface area contributed by atoms with Gasteiger partial charge in [-0.1, -0.05) is 0 Å². The maximum absolute atomic E-state index is 2.42. The number of hydrogen-bond acceptors (Lipinski definition) is 0. The van der Waals surface area contributed by atoms with Crippen molar-refractivity contribution in [3.05, 3.63) is 42.3 Å². The first kappa shape index (κ1) is 19.7. The first-order chi connectivity index (χ1) is 8.95. The Balaban J connectivity index is 0.00000110. The smallest absolute Gasteiger partial charge is 1.00 e. The van der Waals surface area contributed by atoms with E-state index in [0.29, 0.717) is 5.92 Å². The van der Waals surface area contributed by atoms with Crippen molar-refractivity contribution in [2.45, 2.75) is 52.5 Å². The zero-order valence-corrected chi connectivity index (χ0v) is 19.5. The van der Waals surface area contributed by atoms with Gasteiger partial charge in [0.2, 0.25) is 0 Å². The Kier molecular flexibility index (Phi) is 6.60. The minimum Gasteiger partial charge on any atom is -1.00 e. The van der Waals surface area contributed by atoms with Crippen LogP contribution in [0.3, 0.4) is 0 Å². The summed E-state index contributed by atoms with van der Waals surface area (Å²) in [6.45, 7) is 9.43. The molecule has 0 heterocycles. The third kappa shape index (κ3) is 2.80. The van der Waals surface area contributed by atoms with Gasteiger partial charge in [-0.25, -0.2) is 0 Å². The third-order valence-corrected chi connectivity index (χ3v) is 10.0. The Morgan fingerprint density at radius 1 is 0.952 bits per heavy atom. The summed E-state index contributed by atoms with van der Waals surface area (Å²) in [6, 6.07) is 0. The number of hydrogen-bond donors (Lipinski definition) is 0. The molecular weight excluding hydrogens is 394 g/mol. The van der Waals surface area contributed by atoms with Crippen LogP contribution in [0.1, 0.15) is 47.0 Å². The van der Waals surface area contributed by atoms with Crippen LogP contribution in [0.5, 0.6) is 0 Å². The van der Waals surface area contributed by atoms with Gasteiger partial charge in [0.15, 0.2) is 0 Å². The van der Waals surface area contributed by atoms with Crippen LogP contribution in [0, 0.1) is 5.92 Å². The molecule has 4 heteroatoms. The second kappa shape index (κ2) is 7.04. The molecule has 0 spiro atoms. The van der Waals surface area contributed by atoms with Crippen LogP contribution in [-0.4, -0.2) is 10.2 Å². The zero-order valence-electron chi connectivity index (χ0n) is 13.5. The van der Waals surface area contributed by atoms with E-state index in [2.05, 4.69) is 27.7 Å². The van der Waals surface area contributed by atoms with Gasteiger partial charge in [0.05, 0.1) is 0 Å². The minimum atomic E-state index is 0. The molecule has 0 aromatic heterocycles. The summed E-state index contributed by atoms with van der Waals surface area (Å²) < 4.78 is 1.80. The average molecular weight is 418 g/mol. The van der Waals surface area contributed by atoms with Gasteiger partial charge in [0.25, 0.3) is 0 Å². The molecule has 2 unspecified atom stereocenters. The van der Waals surface area contributed by atoms with E-state index in [1.54, 1.807) is 67.0 Å². The van der Waals surface area contributed by atoms with Crippen LogP contribution in [0.4, 0.5) is 0 Å². The molecule has 3 aliphatic carbocycles. The third-order valence-electron chi connectivity index (χ3n) is 5.66. The predicted molar refractivity (Wildman–Crippen MR) is 81.8 cm³/mol. The Morgan fingerprint density at radius 2 is 1.52 bits per heavy atom. The molecule has 1 fully saturated rings. The molecule has 3 rings (SSSR count). The normalized spacial score (nSPS) is 28.5. The van der Waals surface area contributed by atoms with Crippen molar-refractivity contribution in [1.82, 2.24) is 0 Å². The fourth-order valence-electron chi connectivity index (χ4n) is 4.20. The van der Waals surface area contributed by atoms with E-state index in [0.717, 1.165) is 5.54 Å². The van der Waals surface area contributed by atoms with Gasteiger partial charge in [0, 0.05) is 0 Å². The maximum atomic E-state index is 2.42. The number of allylic oxidation sites excluding steroid dienone is 8. The second-order valence-electron chi connectivity index (χ2n) is 6.43. The number of fused-ring (bicyclic) bond motifs is 1. The molecule has 2 atom stereocenters. The molecule has 0 aromatic carbocycles. The van der Waals surface area contributed by atoms with Crippen LogP contribution in [0.25, 0.3) is 0 Å². The fourth-order valence-corrected chi connectivity index (χ4v) is 6.24. The Labute approximate surface area is 159 Å². The first-order valence-electron chi connectivity index (χ1n) is 7.52. The van der Waals surface area contributed by atoms with Gasteiger partial charge >= 0.3 is 136 Å². The van der Waals surface area contributed by atoms with Crippen LogP contribution in [0.15, 0.2) is 42.3 Å². The predicted octanol–water partition coefficient (Wildman–Crippen LogP) is -2.25. The Hall–Kier alpha value is 0.640. The summed E-state index contributed by atoms with van der Waals surface area (Å²) in [5.41, 5.74) is 12.6. The summed E-state index contributed by atoms with van der Waals surface area (Å²) in [7, 11) is 1.29. The van der Waals surface area contributed by atoms with Crippen LogP contribution in [-0.2, 0) is 24.7 Å². The van der Waals surface area contributed by atoms with Gasteiger partial charge in [0.1, 0.15) is 0 Å². The molecule has 0 aromatic rings. The molecule has 0 bridgehead atoms. The topological polar surface area (TPSA) is 0 Å². The van der Waals surface area contributed by atoms with Crippen molar-refractivity contribution >= 4 is 10.2 Å². The van der Waals surface area contributed by atoms with E-state index in [1.807, 2.05) is 0 Å². The average Bonchev–Trinajstić information content (AvgIpc) is 2.99. The zero-order chi connectivity index (χ0) is 13.9. The molecule has 0 amide bonds. The molecule has 0 radical (unpaired) electrons. The van der Waals surface area contributed by atoms with E-state index in [9.17, 15) is 0 Å². The van der Waals surface area contributed by atoms with Crippen molar-refractivity contribution in [2.75, 3.05) is 0 Å².